The van der Waals surface area contributed by atoms with Gasteiger partial charge in [-0.05, 0) is 13.0 Å². The highest BCUT2D eigenvalue weighted by Gasteiger charge is 2.18. The molecular formula is C16H20N2O4S. The molecule has 0 aliphatic heterocycles. The first-order chi connectivity index (χ1) is 11.1. The molecule has 1 aromatic carbocycles. The van der Waals surface area contributed by atoms with Crippen molar-refractivity contribution < 1.29 is 14.3 Å². The third-order valence-corrected chi connectivity index (χ3v) is 4.54. The van der Waals surface area contributed by atoms with Gasteiger partial charge in [0.1, 0.15) is 10.6 Å². The summed E-state index contributed by atoms with van der Waals surface area (Å²) in [5.74, 6) is 0.469. The van der Waals surface area contributed by atoms with Crippen LogP contribution in [0.3, 0.4) is 0 Å². The Hall–Kier alpha value is -2.12. The fraction of sp³-hybridized carbons (Fsp3) is 0.375. The lowest BCUT2D eigenvalue weighted by molar-refractivity contribution is 0.0940. The van der Waals surface area contributed by atoms with Crippen molar-refractivity contribution in [3.8, 4) is 5.75 Å². The van der Waals surface area contributed by atoms with E-state index >= 15 is 0 Å². The maximum absolute atomic E-state index is 12.2. The minimum atomic E-state index is -0.250. The molecule has 0 atom stereocenters. The topological polar surface area (TPSA) is 69.6 Å². The van der Waals surface area contributed by atoms with Crippen molar-refractivity contribution in [2.75, 3.05) is 27.4 Å². The van der Waals surface area contributed by atoms with Gasteiger partial charge in [0.25, 0.3) is 5.91 Å². The number of carbonyl (C=O) groups excluding carboxylic acids is 1. The van der Waals surface area contributed by atoms with Gasteiger partial charge < -0.3 is 14.8 Å². The molecule has 0 bridgehead atoms. The van der Waals surface area contributed by atoms with Crippen LogP contribution in [0.25, 0.3) is 0 Å². The van der Waals surface area contributed by atoms with E-state index in [9.17, 15) is 9.59 Å². The van der Waals surface area contributed by atoms with E-state index in [1.54, 1.807) is 25.7 Å². The van der Waals surface area contributed by atoms with Gasteiger partial charge in [-0.25, -0.2) is 0 Å². The molecule has 0 unspecified atom stereocenters. The number of aromatic nitrogens is 1. The Morgan fingerprint density at radius 1 is 1.30 bits per heavy atom. The highest BCUT2D eigenvalue weighted by Crippen LogP contribution is 2.20. The molecule has 7 heteroatoms. The number of rotatable bonds is 7. The zero-order valence-electron chi connectivity index (χ0n) is 13.4. The molecule has 0 spiro atoms. The minimum Gasteiger partial charge on any atom is -0.496 e. The second kappa shape index (κ2) is 7.94. The molecule has 1 heterocycles. The quantitative estimate of drug-likeness (QED) is 0.781. The highest BCUT2D eigenvalue weighted by molar-refractivity contribution is 7.11. The Balaban J connectivity index is 2.24. The van der Waals surface area contributed by atoms with Crippen molar-refractivity contribution in [2.45, 2.75) is 13.5 Å². The summed E-state index contributed by atoms with van der Waals surface area (Å²) in [7, 11) is 3.16. The molecule has 124 valence electrons. The van der Waals surface area contributed by atoms with Crippen LogP contribution in [0.5, 0.6) is 5.75 Å². The smallest absolute Gasteiger partial charge is 0.308 e. The third-order valence-electron chi connectivity index (χ3n) is 3.46. The molecule has 2 rings (SSSR count). The summed E-state index contributed by atoms with van der Waals surface area (Å²) < 4.78 is 11.8. The van der Waals surface area contributed by atoms with Crippen LogP contribution in [0.4, 0.5) is 0 Å². The van der Waals surface area contributed by atoms with Crippen molar-refractivity contribution in [1.82, 2.24) is 9.88 Å². The lowest BCUT2D eigenvalue weighted by atomic mass is 10.2. The summed E-state index contributed by atoms with van der Waals surface area (Å²) >= 11 is 0.954. The summed E-state index contributed by atoms with van der Waals surface area (Å²) in [5, 5.41) is 2.74. The van der Waals surface area contributed by atoms with Gasteiger partial charge in [0.15, 0.2) is 0 Å². The molecule has 0 aliphatic rings. The fourth-order valence-electron chi connectivity index (χ4n) is 2.22. The van der Waals surface area contributed by atoms with Crippen molar-refractivity contribution in [3.05, 3.63) is 50.1 Å². The molecule has 0 radical (unpaired) electrons. The molecule has 2 aromatic rings. The number of benzene rings is 1. The van der Waals surface area contributed by atoms with Crippen LogP contribution in [0.2, 0.25) is 0 Å². The first-order valence-electron chi connectivity index (χ1n) is 7.17. The van der Waals surface area contributed by atoms with Crippen LogP contribution in [-0.2, 0) is 11.3 Å². The number of hydrogen-bond donors (Lipinski definition) is 1. The summed E-state index contributed by atoms with van der Waals surface area (Å²) in [4.78, 5) is 24.7. The Labute approximate surface area is 138 Å². The number of nitrogens with zero attached hydrogens (tertiary/aromatic N) is 1. The number of ether oxygens (including phenoxy) is 2. The van der Waals surface area contributed by atoms with Crippen LogP contribution in [0.15, 0.2) is 29.1 Å². The summed E-state index contributed by atoms with van der Waals surface area (Å²) in [5.41, 5.74) is 1.55. The van der Waals surface area contributed by atoms with Crippen LogP contribution in [-0.4, -0.2) is 37.8 Å². The van der Waals surface area contributed by atoms with E-state index in [-0.39, 0.29) is 10.8 Å². The minimum absolute atomic E-state index is 0.162. The molecule has 1 N–H and O–H groups in total. The second-order valence-corrected chi connectivity index (χ2v) is 5.89. The number of amides is 1. The molecule has 1 amide bonds. The van der Waals surface area contributed by atoms with Crippen molar-refractivity contribution >= 4 is 17.2 Å². The van der Waals surface area contributed by atoms with E-state index in [0.717, 1.165) is 22.6 Å². The van der Waals surface area contributed by atoms with Gasteiger partial charge in [-0.15, -0.1) is 0 Å². The average molecular weight is 336 g/mol. The predicted octanol–water partition coefficient (Wildman–Crippen LogP) is 1.65. The van der Waals surface area contributed by atoms with Gasteiger partial charge >= 0.3 is 4.87 Å². The SMILES string of the molecule is COCCNC(=O)c1sc(=O)n(Cc2ccccc2OC)c1C. The fourth-order valence-corrected chi connectivity index (χ4v) is 3.13. The maximum atomic E-state index is 12.2. The van der Waals surface area contributed by atoms with Gasteiger partial charge in [-0.3, -0.25) is 14.2 Å². The Morgan fingerprint density at radius 2 is 2.04 bits per heavy atom. The van der Waals surface area contributed by atoms with Gasteiger partial charge in [0.05, 0.1) is 20.3 Å². The lowest BCUT2D eigenvalue weighted by Gasteiger charge is -2.10. The van der Waals surface area contributed by atoms with Gasteiger partial charge in [-0.2, -0.15) is 0 Å². The first-order valence-corrected chi connectivity index (χ1v) is 7.99. The molecule has 23 heavy (non-hydrogen) atoms. The van der Waals surface area contributed by atoms with Crippen LogP contribution < -0.4 is 14.9 Å². The number of carbonyl (C=O) groups is 1. The number of methoxy groups -OCH3 is 2. The van der Waals surface area contributed by atoms with E-state index in [0.29, 0.717) is 30.3 Å². The normalized spacial score (nSPS) is 10.6. The second-order valence-electron chi connectivity index (χ2n) is 4.93. The Kier molecular flexibility index (Phi) is 5.95. The molecule has 0 saturated carbocycles. The largest absolute Gasteiger partial charge is 0.496 e. The number of nitrogens with one attached hydrogen (secondary N) is 1. The van der Waals surface area contributed by atoms with E-state index in [4.69, 9.17) is 9.47 Å². The Bertz CT molecular complexity index is 736. The van der Waals surface area contributed by atoms with Crippen LogP contribution in [0.1, 0.15) is 20.9 Å². The van der Waals surface area contributed by atoms with Crippen LogP contribution >= 0.6 is 11.3 Å². The van der Waals surface area contributed by atoms with Crippen molar-refractivity contribution in [2.24, 2.45) is 0 Å². The number of para-hydroxylation sites is 1. The van der Waals surface area contributed by atoms with Gasteiger partial charge in [-0.1, -0.05) is 29.5 Å². The van der Waals surface area contributed by atoms with Gasteiger partial charge in [0.2, 0.25) is 0 Å². The van der Waals surface area contributed by atoms with E-state index in [2.05, 4.69) is 5.32 Å². The number of thiazole rings is 1. The van der Waals surface area contributed by atoms with Crippen molar-refractivity contribution in [3.63, 3.8) is 0 Å². The van der Waals surface area contributed by atoms with Crippen LogP contribution in [0, 0.1) is 6.92 Å². The van der Waals surface area contributed by atoms with E-state index in [1.165, 1.54) is 0 Å². The predicted molar refractivity (Wildman–Crippen MR) is 89.6 cm³/mol. The molecule has 0 fully saturated rings. The molecule has 0 saturated heterocycles. The zero-order valence-corrected chi connectivity index (χ0v) is 14.2. The summed E-state index contributed by atoms with van der Waals surface area (Å²) in [6.07, 6.45) is 0. The first kappa shape index (κ1) is 17.2. The summed E-state index contributed by atoms with van der Waals surface area (Å²) in [6.45, 7) is 2.99. The monoisotopic (exact) mass is 336 g/mol. The molecular weight excluding hydrogens is 316 g/mol. The van der Waals surface area contributed by atoms with Crippen molar-refractivity contribution in [1.29, 1.82) is 0 Å². The Morgan fingerprint density at radius 3 is 2.74 bits per heavy atom. The number of hydrogen-bond acceptors (Lipinski definition) is 5. The highest BCUT2D eigenvalue weighted by atomic mass is 32.1. The average Bonchev–Trinajstić information content (AvgIpc) is 2.83. The molecule has 6 nitrogen and oxygen atoms in total. The van der Waals surface area contributed by atoms with Gasteiger partial charge in [0, 0.05) is 24.9 Å². The lowest BCUT2D eigenvalue weighted by Crippen LogP contribution is -2.27. The van der Waals surface area contributed by atoms with E-state index in [1.807, 2.05) is 24.3 Å². The zero-order chi connectivity index (χ0) is 16.8. The maximum Gasteiger partial charge on any atom is 0.308 e. The summed E-state index contributed by atoms with van der Waals surface area (Å²) in [6, 6.07) is 7.52. The standard InChI is InChI=1S/C16H20N2O4S/c1-11-14(15(19)17-8-9-21-2)23-16(20)18(11)10-12-6-4-5-7-13(12)22-3/h4-7H,8-10H2,1-3H3,(H,17,19). The molecule has 1 aromatic heterocycles. The third kappa shape index (κ3) is 4.00. The molecule has 0 aliphatic carbocycles. The van der Waals surface area contributed by atoms with E-state index < -0.39 is 0 Å².